The molecular weight excluding hydrogens is 186 g/mol. The highest BCUT2D eigenvalue weighted by atomic mass is 16.5. The van der Waals surface area contributed by atoms with Crippen molar-refractivity contribution in [2.45, 2.75) is 26.2 Å². The van der Waals surface area contributed by atoms with Crippen molar-refractivity contribution < 1.29 is 19.9 Å². The fourth-order valence-electron chi connectivity index (χ4n) is 2.05. The highest BCUT2D eigenvalue weighted by molar-refractivity contribution is 5.84. The van der Waals surface area contributed by atoms with Crippen LogP contribution in [0.5, 0.6) is 0 Å². The summed E-state index contributed by atoms with van der Waals surface area (Å²) >= 11 is 0. The number of carbonyl (C=O) groups is 2. The number of hydroxylamine groups is 1. The van der Waals surface area contributed by atoms with Gasteiger partial charge in [0.05, 0.1) is 11.8 Å². The Labute approximate surface area is 82.1 Å². The second-order valence-corrected chi connectivity index (χ2v) is 3.95. The minimum atomic E-state index is -0.954. The molecular formula is C9H15NO4. The zero-order valence-corrected chi connectivity index (χ0v) is 8.06. The van der Waals surface area contributed by atoms with Crippen molar-refractivity contribution >= 4 is 11.9 Å². The quantitative estimate of drug-likeness (QED) is 0.451. The highest BCUT2D eigenvalue weighted by Gasteiger charge is 2.37. The molecule has 3 unspecified atom stereocenters. The minimum Gasteiger partial charge on any atom is -0.481 e. The van der Waals surface area contributed by atoms with E-state index in [1.165, 1.54) is 5.48 Å². The third-order valence-electron chi connectivity index (χ3n) is 2.88. The topological polar surface area (TPSA) is 86.6 Å². The van der Waals surface area contributed by atoms with Gasteiger partial charge in [-0.1, -0.05) is 6.92 Å². The van der Waals surface area contributed by atoms with Gasteiger partial charge in [0, 0.05) is 0 Å². The van der Waals surface area contributed by atoms with Crippen molar-refractivity contribution in [3.05, 3.63) is 0 Å². The number of hydrogen-bond donors (Lipinski definition) is 3. The SMILES string of the molecule is CC1CCC(C(=O)NO)C(C(=O)O)C1. The van der Waals surface area contributed by atoms with Gasteiger partial charge >= 0.3 is 5.97 Å². The van der Waals surface area contributed by atoms with Gasteiger partial charge in [-0.15, -0.1) is 0 Å². The Balaban J connectivity index is 2.72. The lowest BCUT2D eigenvalue weighted by Gasteiger charge is -2.30. The van der Waals surface area contributed by atoms with E-state index in [-0.39, 0.29) is 0 Å². The first-order valence-electron chi connectivity index (χ1n) is 4.73. The number of carbonyl (C=O) groups excluding carboxylic acids is 1. The van der Waals surface area contributed by atoms with Gasteiger partial charge in [-0.25, -0.2) is 5.48 Å². The monoisotopic (exact) mass is 201 g/mol. The molecule has 14 heavy (non-hydrogen) atoms. The summed E-state index contributed by atoms with van der Waals surface area (Å²) in [7, 11) is 0. The number of hydrogen-bond acceptors (Lipinski definition) is 3. The molecule has 0 radical (unpaired) electrons. The van der Waals surface area contributed by atoms with Gasteiger partial charge < -0.3 is 5.11 Å². The molecule has 1 amide bonds. The summed E-state index contributed by atoms with van der Waals surface area (Å²) in [6.07, 6.45) is 1.87. The molecule has 1 aliphatic carbocycles. The van der Waals surface area contributed by atoms with E-state index < -0.39 is 23.7 Å². The van der Waals surface area contributed by atoms with Crippen LogP contribution in [0.3, 0.4) is 0 Å². The van der Waals surface area contributed by atoms with Gasteiger partial charge in [0.2, 0.25) is 5.91 Å². The van der Waals surface area contributed by atoms with E-state index in [1.807, 2.05) is 6.92 Å². The lowest BCUT2D eigenvalue weighted by atomic mass is 9.74. The van der Waals surface area contributed by atoms with Gasteiger partial charge in [-0.05, 0) is 25.2 Å². The van der Waals surface area contributed by atoms with Crippen LogP contribution >= 0.6 is 0 Å². The van der Waals surface area contributed by atoms with E-state index in [4.69, 9.17) is 10.3 Å². The largest absolute Gasteiger partial charge is 0.481 e. The molecule has 0 aromatic rings. The van der Waals surface area contributed by atoms with Gasteiger partial charge in [0.25, 0.3) is 0 Å². The summed E-state index contributed by atoms with van der Waals surface area (Å²) in [5, 5.41) is 17.4. The summed E-state index contributed by atoms with van der Waals surface area (Å²) < 4.78 is 0. The molecule has 3 atom stereocenters. The van der Waals surface area contributed by atoms with Gasteiger partial charge in [-0.2, -0.15) is 0 Å². The maximum atomic E-state index is 11.2. The fourth-order valence-corrected chi connectivity index (χ4v) is 2.05. The molecule has 0 aromatic carbocycles. The average Bonchev–Trinajstić information content (AvgIpc) is 2.16. The molecule has 1 aliphatic rings. The van der Waals surface area contributed by atoms with E-state index >= 15 is 0 Å². The second kappa shape index (κ2) is 4.41. The third-order valence-corrected chi connectivity index (χ3v) is 2.88. The molecule has 1 saturated carbocycles. The highest BCUT2D eigenvalue weighted by Crippen LogP contribution is 2.33. The Morgan fingerprint density at radius 1 is 1.29 bits per heavy atom. The van der Waals surface area contributed by atoms with E-state index in [0.717, 1.165) is 6.42 Å². The Morgan fingerprint density at radius 2 is 1.93 bits per heavy atom. The lowest BCUT2D eigenvalue weighted by Crippen LogP contribution is -2.40. The zero-order valence-electron chi connectivity index (χ0n) is 8.06. The smallest absolute Gasteiger partial charge is 0.307 e. The van der Waals surface area contributed by atoms with Crippen LogP contribution < -0.4 is 5.48 Å². The van der Waals surface area contributed by atoms with Crippen molar-refractivity contribution in [3.8, 4) is 0 Å². The molecule has 5 heteroatoms. The van der Waals surface area contributed by atoms with Crippen LogP contribution in [0.2, 0.25) is 0 Å². The number of carboxylic acid groups (broad SMARTS) is 1. The van der Waals surface area contributed by atoms with Gasteiger partial charge in [0.15, 0.2) is 0 Å². The predicted octanol–water partition coefficient (Wildman–Crippen LogP) is 0.629. The molecule has 0 heterocycles. The number of nitrogens with one attached hydrogen (secondary N) is 1. The molecule has 0 saturated heterocycles. The predicted molar refractivity (Wildman–Crippen MR) is 47.6 cm³/mol. The van der Waals surface area contributed by atoms with Crippen LogP contribution in [0.4, 0.5) is 0 Å². The first kappa shape index (κ1) is 11.0. The van der Waals surface area contributed by atoms with Crippen molar-refractivity contribution in [2.75, 3.05) is 0 Å². The van der Waals surface area contributed by atoms with Gasteiger partial charge in [-0.3, -0.25) is 14.8 Å². The summed E-state index contributed by atoms with van der Waals surface area (Å²) in [6, 6.07) is 0. The van der Waals surface area contributed by atoms with Crippen LogP contribution in [0.15, 0.2) is 0 Å². The first-order chi connectivity index (χ1) is 6.56. The Morgan fingerprint density at radius 3 is 2.43 bits per heavy atom. The maximum absolute atomic E-state index is 11.2. The average molecular weight is 201 g/mol. The summed E-state index contributed by atoms with van der Waals surface area (Å²) in [4.78, 5) is 22.0. The van der Waals surface area contributed by atoms with Crippen LogP contribution in [-0.4, -0.2) is 22.2 Å². The minimum absolute atomic E-state index is 0.332. The lowest BCUT2D eigenvalue weighted by molar-refractivity contribution is -0.152. The molecule has 0 aliphatic heterocycles. The van der Waals surface area contributed by atoms with Crippen LogP contribution in [0, 0.1) is 17.8 Å². The Bertz CT molecular complexity index is 241. The molecule has 1 fully saturated rings. The molecule has 1 rings (SSSR count). The van der Waals surface area contributed by atoms with Crippen LogP contribution in [0.1, 0.15) is 26.2 Å². The van der Waals surface area contributed by atoms with Crippen molar-refractivity contribution in [1.29, 1.82) is 0 Å². The molecule has 3 N–H and O–H groups in total. The molecule has 0 spiro atoms. The normalized spacial score (nSPS) is 32.3. The molecule has 5 nitrogen and oxygen atoms in total. The first-order valence-corrected chi connectivity index (χ1v) is 4.73. The number of carboxylic acids is 1. The van der Waals surface area contributed by atoms with Crippen molar-refractivity contribution in [1.82, 2.24) is 5.48 Å². The number of aliphatic carboxylic acids is 1. The molecule has 80 valence electrons. The molecule has 0 bridgehead atoms. The van der Waals surface area contributed by atoms with Crippen LogP contribution in [0.25, 0.3) is 0 Å². The number of amides is 1. The van der Waals surface area contributed by atoms with Gasteiger partial charge in [0.1, 0.15) is 0 Å². The second-order valence-electron chi connectivity index (χ2n) is 3.95. The maximum Gasteiger partial charge on any atom is 0.307 e. The molecule has 0 aromatic heterocycles. The Kier molecular flexibility index (Phi) is 3.46. The van der Waals surface area contributed by atoms with Crippen molar-refractivity contribution in [2.24, 2.45) is 17.8 Å². The summed E-state index contributed by atoms with van der Waals surface area (Å²) in [6.45, 7) is 1.98. The summed E-state index contributed by atoms with van der Waals surface area (Å²) in [5.41, 5.74) is 1.53. The summed E-state index contributed by atoms with van der Waals surface area (Å²) in [5.74, 6) is -2.45. The third kappa shape index (κ3) is 2.23. The van der Waals surface area contributed by atoms with E-state index in [0.29, 0.717) is 18.8 Å². The Hall–Kier alpha value is -1.10. The van der Waals surface area contributed by atoms with Crippen LogP contribution in [-0.2, 0) is 9.59 Å². The fraction of sp³-hybridized carbons (Fsp3) is 0.778. The standard InChI is InChI=1S/C9H15NO4/c1-5-2-3-6(8(11)10-14)7(4-5)9(12)13/h5-7,14H,2-4H2,1H3,(H,10,11)(H,12,13). The number of rotatable bonds is 2. The van der Waals surface area contributed by atoms with Crippen molar-refractivity contribution in [3.63, 3.8) is 0 Å². The van der Waals surface area contributed by atoms with E-state index in [2.05, 4.69) is 0 Å². The van der Waals surface area contributed by atoms with E-state index in [9.17, 15) is 9.59 Å². The van der Waals surface area contributed by atoms with E-state index in [1.54, 1.807) is 0 Å². The zero-order chi connectivity index (χ0) is 10.7.